The van der Waals surface area contributed by atoms with E-state index in [1.807, 2.05) is 72.8 Å². The highest BCUT2D eigenvalue weighted by Gasteiger charge is 2.24. The first kappa shape index (κ1) is 16.2. The van der Waals surface area contributed by atoms with Gasteiger partial charge in [0.05, 0.1) is 7.11 Å². The number of carbonyl (C=O) groups excluding carboxylic acids is 1. The molecule has 0 bridgehead atoms. The van der Waals surface area contributed by atoms with Crippen LogP contribution in [0.1, 0.15) is 27.0 Å². The number of allylic oxidation sites excluding steroid dienone is 1. The van der Waals surface area contributed by atoms with Gasteiger partial charge < -0.3 is 9.47 Å². The Morgan fingerprint density at radius 3 is 2.38 bits per heavy atom. The summed E-state index contributed by atoms with van der Waals surface area (Å²) in [5.41, 5.74) is 4.47. The zero-order valence-corrected chi connectivity index (χ0v) is 14.4. The molecule has 3 aromatic rings. The van der Waals surface area contributed by atoms with Crippen molar-refractivity contribution < 1.29 is 14.3 Å². The predicted octanol–water partition coefficient (Wildman–Crippen LogP) is 4.90. The van der Waals surface area contributed by atoms with Gasteiger partial charge in [-0.3, -0.25) is 4.79 Å². The summed E-state index contributed by atoms with van der Waals surface area (Å²) in [6.45, 7) is 0.473. The van der Waals surface area contributed by atoms with Crippen LogP contribution >= 0.6 is 0 Å². The van der Waals surface area contributed by atoms with Gasteiger partial charge in [0.1, 0.15) is 18.1 Å². The lowest BCUT2D eigenvalue weighted by atomic mass is 9.98. The number of rotatable bonds is 5. The third-order valence-corrected chi connectivity index (χ3v) is 4.47. The first-order chi connectivity index (χ1) is 12.8. The van der Waals surface area contributed by atoms with Gasteiger partial charge in [-0.1, -0.05) is 48.5 Å². The van der Waals surface area contributed by atoms with Crippen molar-refractivity contribution in [2.45, 2.75) is 6.61 Å². The van der Waals surface area contributed by atoms with E-state index in [9.17, 15) is 4.79 Å². The Morgan fingerprint density at radius 2 is 1.58 bits per heavy atom. The predicted molar refractivity (Wildman–Crippen MR) is 102 cm³/mol. The molecule has 0 unspecified atom stereocenters. The summed E-state index contributed by atoms with van der Waals surface area (Å²) >= 11 is 0. The molecule has 128 valence electrons. The number of hydrogen-bond acceptors (Lipinski definition) is 3. The van der Waals surface area contributed by atoms with Crippen molar-refractivity contribution in [3.05, 3.63) is 101 Å². The molecular weight excluding hydrogens is 324 g/mol. The monoisotopic (exact) mass is 342 g/mol. The van der Waals surface area contributed by atoms with E-state index in [1.54, 1.807) is 13.2 Å². The minimum Gasteiger partial charge on any atom is -0.496 e. The Labute approximate surface area is 152 Å². The lowest BCUT2D eigenvalue weighted by Gasteiger charge is -2.12. The van der Waals surface area contributed by atoms with Gasteiger partial charge in [0.15, 0.2) is 5.78 Å². The van der Waals surface area contributed by atoms with E-state index >= 15 is 0 Å². The SMILES string of the molecule is COc1ccccc1C1=CC(=O)c2cc(OCc3ccccc3)ccc21. The molecule has 0 aliphatic heterocycles. The molecule has 1 aliphatic rings. The van der Waals surface area contributed by atoms with Crippen LogP contribution in [0.5, 0.6) is 11.5 Å². The van der Waals surface area contributed by atoms with Crippen molar-refractivity contribution in [2.24, 2.45) is 0 Å². The lowest BCUT2D eigenvalue weighted by molar-refractivity contribution is 0.104. The second-order valence-corrected chi connectivity index (χ2v) is 6.10. The molecule has 0 N–H and O–H groups in total. The molecule has 0 saturated carbocycles. The Hall–Kier alpha value is -3.33. The van der Waals surface area contributed by atoms with E-state index < -0.39 is 0 Å². The first-order valence-corrected chi connectivity index (χ1v) is 8.47. The van der Waals surface area contributed by atoms with Crippen molar-refractivity contribution in [2.75, 3.05) is 7.11 Å². The minimum absolute atomic E-state index is 0.00827. The maximum Gasteiger partial charge on any atom is 0.187 e. The molecule has 0 fully saturated rings. The number of ether oxygens (including phenoxy) is 2. The zero-order valence-electron chi connectivity index (χ0n) is 14.4. The third-order valence-electron chi connectivity index (χ3n) is 4.47. The summed E-state index contributed by atoms with van der Waals surface area (Å²) in [5, 5.41) is 0. The zero-order chi connectivity index (χ0) is 17.9. The minimum atomic E-state index is -0.00827. The highest BCUT2D eigenvalue weighted by Crippen LogP contribution is 2.38. The van der Waals surface area contributed by atoms with E-state index in [1.165, 1.54) is 0 Å². The molecule has 4 rings (SSSR count). The fourth-order valence-corrected chi connectivity index (χ4v) is 3.17. The Morgan fingerprint density at radius 1 is 0.808 bits per heavy atom. The maximum absolute atomic E-state index is 12.5. The van der Waals surface area contributed by atoms with Gasteiger partial charge in [0.2, 0.25) is 0 Å². The molecule has 1 aliphatic carbocycles. The molecule has 0 aromatic heterocycles. The molecule has 0 amide bonds. The largest absolute Gasteiger partial charge is 0.496 e. The Balaban J connectivity index is 1.62. The molecular formula is C23H18O3. The van der Waals surface area contributed by atoms with E-state index in [0.717, 1.165) is 28.0 Å². The summed E-state index contributed by atoms with van der Waals surface area (Å²) in [7, 11) is 1.64. The summed E-state index contributed by atoms with van der Waals surface area (Å²) in [6, 6.07) is 23.4. The highest BCUT2D eigenvalue weighted by molar-refractivity contribution is 6.19. The summed E-state index contributed by atoms with van der Waals surface area (Å²) in [4.78, 5) is 12.5. The van der Waals surface area contributed by atoms with E-state index in [-0.39, 0.29) is 5.78 Å². The van der Waals surface area contributed by atoms with E-state index in [2.05, 4.69) is 0 Å². The number of fused-ring (bicyclic) bond motifs is 1. The standard InChI is InChI=1S/C23H18O3/c1-25-23-10-6-5-9-19(23)20-14-22(24)21-13-17(11-12-18(20)21)26-15-16-7-3-2-4-8-16/h2-14H,15H2,1H3. The third kappa shape index (κ3) is 3.00. The summed E-state index contributed by atoms with van der Waals surface area (Å²) in [5.74, 6) is 1.44. The fourth-order valence-electron chi connectivity index (χ4n) is 3.17. The van der Waals surface area contributed by atoms with Gasteiger partial charge in [-0.2, -0.15) is 0 Å². The van der Waals surface area contributed by atoms with Gasteiger partial charge in [-0.25, -0.2) is 0 Å². The highest BCUT2D eigenvalue weighted by atomic mass is 16.5. The number of benzene rings is 3. The van der Waals surface area contributed by atoms with Crippen LogP contribution in [0.2, 0.25) is 0 Å². The van der Waals surface area contributed by atoms with Crippen LogP contribution in [0.3, 0.4) is 0 Å². The van der Waals surface area contributed by atoms with Gasteiger partial charge in [-0.05, 0) is 47.0 Å². The van der Waals surface area contributed by atoms with Gasteiger partial charge in [0.25, 0.3) is 0 Å². The smallest absolute Gasteiger partial charge is 0.187 e. The van der Waals surface area contributed by atoms with Crippen LogP contribution < -0.4 is 9.47 Å². The number of methoxy groups -OCH3 is 1. The molecule has 0 heterocycles. The molecule has 26 heavy (non-hydrogen) atoms. The number of ketones is 1. The quantitative estimate of drug-likeness (QED) is 0.661. The molecule has 3 nitrogen and oxygen atoms in total. The normalized spacial score (nSPS) is 12.5. The van der Waals surface area contributed by atoms with Crippen LogP contribution in [0.25, 0.3) is 5.57 Å². The van der Waals surface area contributed by atoms with Crippen LogP contribution in [-0.2, 0) is 6.61 Å². The Bertz CT molecular complexity index is 987. The van der Waals surface area contributed by atoms with Crippen LogP contribution in [0.4, 0.5) is 0 Å². The number of para-hydroxylation sites is 1. The average Bonchev–Trinajstić information content (AvgIpc) is 3.03. The topological polar surface area (TPSA) is 35.5 Å². The summed E-state index contributed by atoms with van der Waals surface area (Å²) < 4.78 is 11.3. The van der Waals surface area contributed by atoms with Gasteiger partial charge in [-0.15, -0.1) is 0 Å². The van der Waals surface area contributed by atoms with Crippen molar-refractivity contribution in [1.29, 1.82) is 0 Å². The Kier molecular flexibility index (Phi) is 4.28. The number of carbonyl (C=O) groups is 1. The molecule has 0 spiro atoms. The average molecular weight is 342 g/mol. The maximum atomic E-state index is 12.5. The van der Waals surface area contributed by atoms with Crippen LogP contribution in [0, 0.1) is 0 Å². The van der Waals surface area contributed by atoms with Crippen molar-refractivity contribution >= 4 is 11.4 Å². The molecule has 0 radical (unpaired) electrons. The molecule has 3 aromatic carbocycles. The van der Waals surface area contributed by atoms with E-state index in [0.29, 0.717) is 17.9 Å². The second kappa shape index (κ2) is 6.89. The number of hydrogen-bond donors (Lipinski definition) is 0. The molecule has 0 atom stereocenters. The second-order valence-electron chi connectivity index (χ2n) is 6.10. The van der Waals surface area contributed by atoms with Gasteiger partial charge in [0, 0.05) is 11.1 Å². The molecule has 3 heteroatoms. The van der Waals surface area contributed by atoms with Crippen LogP contribution in [0.15, 0.2) is 78.9 Å². The van der Waals surface area contributed by atoms with Crippen molar-refractivity contribution in [3.8, 4) is 11.5 Å². The fraction of sp³-hybridized carbons (Fsp3) is 0.0870. The van der Waals surface area contributed by atoms with Crippen molar-refractivity contribution in [3.63, 3.8) is 0 Å². The first-order valence-electron chi connectivity index (χ1n) is 8.47. The molecule has 0 saturated heterocycles. The summed E-state index contributed by atoms with van der Waals surface area (Å²) in [6.07, 6.45) is 1.67. The van der Waals surface area contributed by atoms with Gasteiger partial charge >= 0.3 is 0 Å². The van der Waals surface area contributed by atoms with Crippen molar-refractivity contribution in [1.82, 2.24) is 0 Å². The lowest BCUT2D eigenvalue weighted by Crippen LogP contribution is -1.98. The van der Waals surface area contributed by atoms with E-state index in [4.69, 9.17) is 9.47 Å². The van der Waals surface area contributed by atoms with Crippen LogP contribution in [-0.4, -0.2) is 12.9 Å².